The van der Waals surface area contributed by atoms with Gasteiger partial charge in [0.2, 0.25) is 0 Å². The van der Waals surface area contributed by atoms with Crippen molar-refractivity contribution < 1.29 is 28.5 Å². The molecule has 8 saturated carbocycles. The summed E-state index contributed by atoms with van der Waals surface area (Å²) in [6.45, 7) is 4.03. The minimum atomic E-state index is -0.353. The number of benzene rings is 1. The zero-order valence-electron chi connectivity index (χ0n) is 22.2. The Labute approximate surface area is 219 Å². The highest BCUT2D eigenvalue weighted by Crippen LogP contribution is 2.64. The fraction of sp³-hybridized carbons (Fsp3) is 0.742. The quantitative estimate of drug-likeness (QED) is 0.428. The van der Waals surface area contributed by atoms with E-state index in [-0.39, 0.29) is 36.4 Å². The molecule has 0 spiro atoms. The molecule has 0 aliphatic heterocycles. The van der Waals surface area contributed by atoms with Crippen molar-refractivity contribution in [1.29, 1.82) is 0 Å². The van der Waals surface area contributed by atoms with Crippen molar-refractivity contribution in [2.75, 3.05) is 13.2 Å². The molecule has 0 N–H and O–H groups in total. The van der Waals surface area contributed by atoms with E-state index in [0.29, 0.717) is 35.2 Å². The Morgan fingerprint density at radius 2 is 1.22 bits per heavy atom. The van der Waals surface area contributed by atoms with Gasteiger partial charge in [0.15, 0.2) is 13.2 Å². The Bertz CT molecular complexity index is 1050. The molecule has 200 valence electrons. The second-order valence-corrected chi connectivity index (χ2v) is 13.5. The van der Waals surface area contributed by atoms with Crippen molar-refractivity contribution in [3.8, 4) is 11.5 Å². The Hall–Kier alpha value is -2.24. The second kappa shape index (κ2) is 8.64. The predicted molar refractivity (Wildman–Crippen MR) is 136 cm³/mol. The standard InChI is InChI=1S/C31H40O6/c1-30(22-8-18-6-19(10-22)11-23(30)9-18)36-28(32)16-34-25-4-3-5-26(15-25)35-17-29(33)37-31(2)24-12-20-7-21(14-24)27(31)13-20/h3-5,15,18-24,27H,6-14,16-17H2,1-2H3. The summed E-state index contributed by atoms with van der Waals surface area (Å²) in [5.41, 5.74) is -0.689. The third-order valence-corrected chi connectivity index (χ3v) is 11.5. The van der Waals surface area contributed by atoms with E-state index in [9.17, 15) is 9.59 Å². The number of carbonyl (C=O) groups is 2. The van der Waals surface area contributed by atoms with E-state index < -0.39 is 0 Å². The van der Waals surface area contributed by atoms with Crippen molar-refractivity contribution in [3.05, 3.63) is 24.3 Å². The molecule has 5 atom stereocenters. The van der Waals surface area contributed by atoms with Crippen molar-refractivity contribution in [2.45, 2.75) is 82.8 Å². The first-order valence-corrected chi connectivity index (χ1v) is 14.6. The van der Waals surface area contributed by atoms with Crippen LogP contribution < -0.4 is 9.47 Å². The summed E-state index contributed by atoms with van der Waals surface area (Å²) in [5.74, 6) is 5.65. The normalized spacial score (nSPS) is 44.2. The molecule has 8 aliphatic rings. The summed E-state index contributed by atoms with van der Waals surface area (Å²) in [5, 5.41) is 0. The predicted octanol–water partition coefficient (Wildman–Crippen LogP) is 5.57. The monoisotopic (exact) mass is 508 g/mol. The van der Waals surface area contributed by atoms with Gasteiger partial charge in [-0.25, -0.2) is 9.59 Å². The number of hydrogen-bond acceptors (Lipinski definition) is 6. The van der Waals surface area contributed by atoms with Gasteiger partial charge < -0.3 is 18.9 Å². The molecule has 0 radical (unpaired) electrons. The van der Waals surface area contributed by atoms with Gasteiger partial charge in [0.1, 0.15) is 22.7 Å². The summed E-state index contributed by atoms with van der Waals surface area (Å²) < 4.78 is 23.7. The van der Waals surface area contributed by atoms with Crippen LogP contribution in [0.5, 0.6) is 11.5 Å². The van der Waals surface area contributed by atoms with Crippen LogP contribution in [0.1, 0.15) is 71.6 Å². The first-order chi connectivity index (χ1) is 17.8. The van der Waals surface area contributed by atoms with Crippen molar-refractivity contribution >= 4 is 11.9 Å². The third kappa shape index (κ3) is 4.04. The zero-order chi connectivity index (χ0) is 25.4. The fourth-order valence-electron chi connectivity index (χ4n) is 9.96. The van der Waals surface area contributed by atoms with Crippen LogP contribution in [0.2, 0.25) is 0 Å². The van der Waals surface area contributed by atoms with Crippen molar-refractivity contribution in [3.63, 3.8) is 0 Å². The first kappa shape index (κ1) is 23.8. The minimum Gasteiger partial charge on any atom is -0.482 e. The molecule has 1 aromatic rings. The van der Waals surface area contributed by atoms with Crippen LogP contribution in [-0.2, 0) is 19.1 Å². The fourth-order valence-corrected chi connectivity index (χ4v) is 9.96. The smallest absolute Gasteiger partial charge is 0.344 e. The van der Waals surface area contributed by atoms with Crippen molar-refractivity contribution in [2.24, 2.45) is 47.3 Å². The SMILES string of the molecule is CC1(OC(=O)COc2cccc(OCC(=O)OC3(C)C4CC5CC(C4)C3C5)c2)C2CC3CC(C2)CC1C3. The zero-order valence-corrected chi connectivity index (χ0v) is 22.2. The average molecular weight is 509 g/mol. The van der Waals surface area contributed by atoms with Gasteiger partial charge in [0.05, 0.1) is 0 Å². The van der Waals surface area contributed by atoms with E-state index in [4.69, 9.17) is 18.9 Å². The average Bonchev–Trinajstić information content (AvgIpc) is 3.26. The summed E-state index contributed by atoms with van der Waals surface area (Å²) in [7, 11) is 0. The third-order valence-electron chi connectivity index (χ3n) is 11.5. The van der Waals surface area contributed by atoms with Crippen LogP contribution in [0, 0.1) is 47.3 Å². The number of carbonyl (C=O) groups excluding carboxylic acids is 2. The molecule has 8 aliphatic carbocycles. The van der Waals surface area contributed by atoms with Gasteiger partial charge in [0, 0.05) is 12.0 Å². The van der Waals surface area contributed by atoms with Gasteiger partial charge in [-0.3, -0.25) is 0 Å². The largest absolute Gasteiger partial charge is 0.482 e. The number of rotatable bonds is 8. The molecule has 0 amide bonds. The lowest BCUT2D eigenvalue weighted by Crippen LogP contribution is -2.58. The maximum absolute atomic E-state index is 12.8. The highest BCUT2D eigenvalue weighted by molar-refractivity contribution is 5.72. The van der Waals surface area contributed by atoms with Crippen LogP contribution in [0.25, 0.3) is 0 Å². The van der Waals surface area contributed by atoms with Gasteiger partial charge >= 0.3 is 11.9 Å². The molecule has 9 rings (SSSR count). The van der Waals surface area contributed by atoms with Crippen LogP contribution in [0.15, 0.2) is 24.3 Å². The van der Waals surface area contributed by atoms with E-state index in [0.717, 1.165) is 23.7 Å². The molecule has 37 heavy (non-hydrogen) atoms. The van der Waals surface area contributed by atoms with Crippen LogP contribution >= 0.6 is 0 Å². The molecule has 0 saturated heterocycles. The van der Waals surface area contributed by atoms with Gasteiger partial charge in [-0.05, 0) is 125 Å². The Balaban J connectivity index is 0.904. The van der Waals surface area contributed by atoms with E-state index in [1.807, 2.05) is 0 Å². The molecule has 6 heteroatoms. The van der Waals surface area contributed by atoms with E-state index >= 15 is 0 Å². The topological polar surface area (TPSA) is 71.1 Å². The van der Waals surface area contributed by atoms with Gasteiger partial charge in [-0.2, -0.15) is 0 Å². The number of ether oxygens (including phenoxy) is 4. The molecular formula is C31H40O6. The second-order valence-electron chi connectivity index (χ2n) is 13.5. The highest BCUT2D eigenvalue weighted by atomic mass is 16.6. The number of hydrogen-bond donors (Lipinski definition) is 0. The molecule has 8 bridgehead atoms. The van der Waals surface area contributed by atoms with Crippen LogP contribution in [0.4, 0.5) is 0 Å². The maximum Gasteiger partial charge on any atom is 0.344 e. The maximum atomic E-state index is 12.8. The minimum absolute atomic E-state index is 0.127. The Morgan fingerprint density at radius 1 is 0.703 bits per heavy atom. The van der Waals surface area contributed by atoms with E-state index in [1.54, 1.807) is 24.3 Å². The first-order valence-electron chi connectivity index (χ1n) is 14.6. The highest BCUT2D eigenvalue weighted by Gasteiger charge is 2.62. The molecule has 6 nitrogen and oxygen atoms in total. The summed E-state index contributed by atoms with van der Waals surface area (Å²) in [6.07, 6.45) is 11.1. The van der Waals surface area contributed by atoms with E-state index in [2.05, 4.69) is 13.8 Å². The molecule has 1 aromatic carbocycles. The van der Waals surface area contributed by atoms with Gasteiger partial charge in [0.25, 0.3) is 0 Å². The Kier molecular flexibility index (Phi) is 5.57. The molecule has 0 aromatic heterocycles. The lowest BCUT2D eigenvalue weighted by molar-refractivity contribution is -0.204. The van der Waals surface area contributed by atoms with Gasteiger partial charge in [-0.1, -0.05) is 6.07 Å². The lowest BCUT2D eigenvalue weighted by atomic mass is 9.50. The van der Waals surface area contributed by atoms with Crippen molar-refractivity contribution in [1.82, 2.24) is 0 Å². The summed E-state index contributed by atoms with van der Waals surface area (Å²) in [4.78, 5) is 25.5. The molecule has 5 unspecified atom stereocenters. The van der Waals surface area contributed by atoms with E-state index in [1.165, 1.54) is 57.8 Å². The number of esters is 2. The van der Waals surface area contributed by atoms with Gasteiger partial charge in [-0.15, -0.1) is 0 Å². The summed E-state index contributed by atoms with van der Waals surface area (Å²) >= 11 is 0. The molecule has 8 fully saturated rings. The Morgan fingerprint density at radius 3 is 1.78 bits per heavy atom. The lowest BCUT2D eigenvalue weighted by Gasteiger charge is -2.59. The molecule has 0 heterocycles. The van der Waals surface area contributed by atoms with Crippen LogP contribution in [0.3, 0.4) is 0 Å². The molecular weight excluding hydrogens is 468 g/mol. The summed E-state index contributed by atoms with van der Waals surface area (Å²) in [6, 6.07) is 7.09. The van der Waals surface area contributed by atoms with Crippen LogP contribution in [-0.4, -0.2) is 36.4 Å².